The van der Waals surface area contributed by atoms with Crippen molar-refractivity contribution < 1.29 is 19.1 Å². The summed E-state index contributed by atoms with van der Waals surface area (Å²) in [4.78, 5) is 24.1. The van der Waals surface area contributed by atoms with Gasteiger partial charge >= 0.3 is 12.0 Å². The Kier molecular flexibility index (Phi) is 5.92. The van der Waals surface area contributed by atoms with Crippen LogP contribution in [0, 0.1) is 0 Å². The number of hydrogen-bond acceptors (Lipinski definition) is 3. The van der Waals surface area contributed by atoms with Gasteiger partial charge in [0.15, 0.2) is 0 Å². The van der Waals surface area contributed by atoms with E-state index in [2.05, 4.69) is 5.32 Å². The topological polar surface area (TPSA) is 82.8 Å². The fraction of sp³-hybridized carbons (Fsp3) is 0.538. The average molecular weight is 268 g/mol. The standard InChI is InChI=1S/C13H20N2O4/c1-3-4-11(7-12(16)17)14-13(18)15(2)8-10-5-6-19-9-10/h5-6,9,11H,3-4,7-8H2,1-2H3,(H,14,18)(H,16,17). The molecule has 0 spiro atoms. The van der Waals surface area contributed by atoms with Gasteiger partial charge in [0.1, 0.15) is 0 Å². The highest BCUT2D eigenvalue weighted by Crippen LogP contribution is 2.06. The molecule has 1 aromatic heterocycles. The lowest BCUT2D eigenvalue weighted by Gasteiger charge is -2.22. The molecule has 1 rings (SSSR count). The van der Waals surface area contributed by atoms with E-state index in [0.717, 1.165) is 12.0 Å². The Hall–Kier alpha value is -1.98. The normalized spacial score (nSPS) is 11.9. The number of nitrogens with one attached hydrogen (secondary N) is 1. The zero-order valence-corrected chi connectivity index (χ0v) is 11.3. The number of rotatable bonds is 7. The zero-order chi connectivity index (χ0) is 14.3. The first kappa shape index (κ1) is 15.1. The molecule has 106 valence electrons. The molecular formula is C13H20N2O4. The van der Waals surface area contributed by atoms with E-state index >= 15 is 0 Å². The number of aliphatic carboxylic acids is 1. The molecule has 1 heterocycles. The largest absolute Gasteiger partial charge is 0.481 e. The van der Waals surface area contributed by atoms with Crippen molar-refractivity contribution in [2.45, 2.75) is 38.8 Å². The lowest BCUT2D eigenvalue weighted by atomic mass is 10.1. The molecule has 1 unspecified atom stereocenters. The molecular weight excluding hydrogens is 248 g/mol. The third-order valence-corrected chi connectivity index (χ3v) is 2.73. The summed E-state index contributed by atoms with van der Waals surface area (Å²) < 4.78 is 4.93. The molecule has 0 aromatic carbocycles. The zero-order valence-electron chi connectivity index (χ0n) is 11.3. The van der Waals surface area contributed by atoms with Gasteiger partial charge in [-0.25, -0.2) is 4.79 Å². The number of carbonyl (C=O) groups is 2. The third kappa shape index (κ3) is 5.46. The van der Waals surface area contributed by atoms with Gasteiger partial charge in [-0.05, 0) is 12.5 Å². The van der Waals surface area contributed by atoms with Crippen molar-refractivity contribution in [1.82, 2.24) is 10.2 Å². The van der Waals surface area contributed by atoms with Crippen LogP contribution in [0.15, 0.2) is 23.0 Å². The van der Waals surface area contributed by atoms with Crippen molar-refractivity contribution in [3.05, 3.63) is 24.2 Å². The van der Waals surface area contributed by atoms with Crippen LogP contribution in [0.2, 0.25) is 0 Å². The van der Waals surface area contributed by atoms with Crippen molar-refractivity contribution in [2.75, 3.05) is 7.05 Å². The van der Waals surface area contributed by atoms with Gasteiger partial charge < -0.3 is 19.7 Å². The van der Waals surface area contributed by atoms with E-state index in [-0.39, 0.29) is 18.5 Å². The minimum Gasteiger partial charge on any atom is -0.481 e. The molecule has 0 fully saturated rings. The van der Waals surface area contributed by atoms with Crippen LogP contribution in [0.1, 0.15) is 31.7 Å². The second kappa shape index (κ2) is 7.45. The molecule has 0 radical (unpaired) electrons. The highest BCUT2D eigenvalue weighted by Gasteiger charge is 2.17. The molecule has 0 aliphatic carbocycles. The summed E-state index contributed by atoms with van der Waals surface area (Å²) in [5.41, 5.74) is 0.892. The fourth-order valence-electron chi connectivity index (χ4n) is 1.80. The molecule has 0 bridgehead atoms. The summed E-state index contributed by atoms with van der Waals surface area (Å²) in [5.74, 6) is -0.906. The Balaban J connectivity index is 2.48. The summed E-state index contributed by atoms with van der Waals surface area (Å²) in [5, 5.41) is 11.5. The van der Waals surface area contributed by atoms with Gasteiger partial charge in [-0.15, -0.1) is 0 Å². The van der Waals surface area contributed by atoms with E-state index in [9.17, 15) is 9.59 Å². The van der Waals surface area contributed by atoms with Crippen molar-refractivity contribution in [1.29, 1.82) is 0 Å². The van der Waals surface area contributed by atoms with Crippen LogP contribution >= 0.6 is 0 Å². The summed E-state index contributed by atoms with van der Waals surface area (Å²) in [6.45, 7) is 2.38. The molecule has 2 N–H and O–H groups in total. The maximum Gasteiger partial charge on any atom is 0.317 e. The number of urea groups is 1. The number of carboxylic acid groups (broad SMARTS) is 1. The van der Waals surface area contributed by atoms with E-state index in [1.807, 2.05) is 6.92 Å². The maximum atomic E-state index is 11.9. The average Bonchev–Trinajstić information content (AvgIpc) is 2.81. The van der Waals surface area contributed by atoms with Crippen LogP contribution in [0.25, 0.3) is 0 Å². The Labute approximate surface area is 112 Å². The van der Waals surface area contributed by atoms with E-state index < -0.39 is 5.97 Å². The Morgan fingerprint density at radius 2 is 2.26 bits per heavy atom. The van der Waals surface area contributed by atoms with Crippen molar-refractivity contribution in [3.63, 3.8) is 0 Å². The molecule has 0 saturated carbocycles. The smallest absolute Gasteiger partial charge is 0.317 e. The van der Waals surface area contributed by atoms with Crippen LogP contribution in [0.5, 0.6) is 0 Å². The molecule has 0 saturated heterocycles. The Morgan fingerprint density at radius 3 is 2.79 bits per heavy atom. The van der Waals surface area contributed by atoms with Gasteiger partial charge in [0.2, 0.25) is 0 Å². The number of furan rings is 1. The number of carboxylic acids is 1. The first-order chi connectivity index (χ1) is 9.02. The van der Waals surface area contributed by atoms with Gasteiger partial charge in [-0.1, -0.05) is 13.3 Å². The fourth-order valence-corrected chi connectivity index (χ4v) is 1.80. The number of amides is 2. The third-order valence-electron chi connectivity index (χ3n) is 2.73. The quantitative estimate of drug-likeness (QED) is 0.793. The monoisotopic (exact) mass is 268 g/mol. The van der Waals surface area contributed by atoms with E-state index in [1.54, 1.807) is 25.6 Å². The van der Waals surface area contributed by atoms with Gasteiger partial charge in [-0.2, -0.15) is 0 Å². The van der Waals surface area contributed by atoms with Crippen LogP contribution < -0.4 is 5.32 Å². The van der Waals surface area contributed by atoms with Crippen LogP contribution in [0.4, 0.5) is 4.79 Å². The lowest BCUT2D eigenvalue weighted by Crippen LogP contribution is -2.43. The van der Waals surface area contributed by atoms with Crippen LogP contribution in [-0.2, 0) is 11.3 Å². The van der Waals surface area contributed by atoms with Crippen LogP contribution in [-0.4, -0.2) is 35.1 Å². The van der Waals surface area contributed by atoms with E-state index in [1.165, 1.54) is 4.90 Å². The molecule has 0 aliphatic rings. The van der Waals surface area contributed by atoms with Gasteiger partial charge in [0.05, 0.1) is 25.5 Å². The molecule has 6 heteroatoms. The van der Waals surface area contributed by atoms with Gasteiger partial charge in [0, 0.05) is 18.7 Å². The van der Waals surface area contributed by atoms with Crippen LogP contribution in [0.3, 0.4) is 0 Å². The number of hydrogen-bond donors (Lipinski definition) is 2. The van der Waals surface area contributed by atoms with E-state index in [0.29, 0.717) is 13.0 Å². The van der Waals surface area contributed by atoms with Crippen molar-refractivity contribution in [2.24, 2.45) is 0 Å². The molecule has 6 nitrogen and oxygen atoms in total. The Bertz CT molecular complexity index is 403. The van der Waals surface area contributed by atoms with Gasteiger partial charge in [0.25, 0.3) is 0 Å². The summed E-state index contributed by atoms with van der Waals surface area (Å²) >= 11 is 0. The highest BCUT2D eigenvalue weighted by atomic mass is 16.4. The van der Waals surface area contributed by atoms with Crippen molar-refractivity contribution >= 4 is 12.0 Å². The molecule has 19 heavy (non-hydrogen) atoms. The van der Waals surface area contributed by atoms with Gasteiger partial charge in [-0.3, -0.25) is 4.79 Å². The van der Waals surface area contributed by atoms with Crippen molar-refractivity contribution in [3.8, 4) is 0 Å². The summed E-state index contributed by atoms with van der Waals surface area (Å²) in [7, 11) is 1.66. The maximum absolute atomic E-state index is 11.9. The minimum absolute atomic E-state index is 0.0564. The second-order valence-electron chi connectivity index (χ2n) is 4.52. The predicted molar refractivity (Wildman–Crippen MR) is 69.7 cm³/mol. The van der Waals surface area contributed by atoms with E-state index in [4.69, 9.17) is 9.52 Å². The summed E-state index contributed by atoms with van der Waals surface area (Å²) in [6, 6.07) is 1.17. The predicted octanol–water partition coefficient (Wildman–Crippen LogP) is 2.06. The Morgan fingerprint density at radius 1 is 1.53 bits per heavy atom. The molecule has 1 atom stereocenters. The lowest BCUT2D eigenvalue weighted by molar-refractivity contribution is -0.137. The minimum atomic E-state index is -0.906. The molecule has 0 aliphatic heterocycles. The number of nitrogens with zero attached hydrogens (tertiary/aromatic N) is 1. The molecule has 2 amide bonds. The molecule has 1 aromatic rings. The summed E-state index contributed by atoms with van der Waals surface area (Å²) in [6.07, 6.45) is 4.54. The number of carbonyl (C=O) groups excluding carboxylic acids is 1. The first-order valence-electron chi connectivity index (χ1n) is 6.27. The first-order valence-corrected chi connectivity index (χ1v) is 6.27. The highest BCUT2D eigenvalue weighted by molar-refractivity contribution is 5.75. The second-order valence-corrected chi connectivity index (χ2v) is 4.52. The SMILES string of the molecule is CCCC(CC(=O)O)NC(=O)N(C)Cc1ccoc1.